The third kappa shape index (κ3) is 1.89. The Labute approximate surface area is 63.4 Å². The Kier molecular flexibility index (Phi) is 2.90. The van der Waals surface area contributed by atoms with Crippen LogP contribution in [0.25, 0.3) is 0 Å². The van der Waals surface area contributed by atoms with Gasteiger partial charge in [-0.2, -0.15) is 12.6 Å². The summed E-state index contributed by atoms with van der Waals surface area (Å²) in [6, 6.07) is 0. The summed E-state index contributed by atoms with van der Waals surface area (Å²) >= 11 is 4.45. The lowest BCUT2D eigenvalue weighted by Gasteiger charge is -2.32. The topological polar surface area (TPSA) is 0 Å². The predicted octanol–water partition coefficient (Wildman–Crippen LogP) is 2.89. The zero-order chi connectivity index (χ0) is 6.69. The van der Waals surface area contributed by atoms with Crippen LogP contribution < -0.4 is 0 Å². The first-order valence-corrected chi connectivity index (χ1v) is 4.54. The van der Waals surface area contributed by atoms with Gasteiger partial charge >= 0.3 is 0 Å². The minimum absolute atomic E-state index is 0.747. The molecule has 0 aliphatic heterocycles. The molecule has 1 fully saturated rings. The molecule has 0 aromatic heterocycles. The standard InChI is InChI=1S/C8H16S/c1-2-3-4-7-5-6-8(7)9/h7-9H,2-6H2,1H3. The summed E-state index contributed by atoms with van der Waals surface area (Å²) in [5.74, 6) is 0.966. The molecule has 0 aromatic carbocycles. The summed E-state index contributed by atoms with van der Waals surface area (Å²) in [6.07, 6.45) is 6.97. The minimum atomic E-state index is 0.747. The molecule has 1 saturated carbocycles. The van der Waals surface area contributed by atoms with Crippen molar-refractivity contribution in [1.29, 1.82) is 0 Å². The monoisotopic (exact) mass is 144 g/mol. The highest BCUT2D eigenvalue weighted by Crippen LogP contribution is 2.35. The molecule has 2 unspecified atom stereocenters. The second-order valence-corrected chi connectivity index (χ2v) is 3.71. The lowest BCUT2D eigenvalue weighted by Crippen LogP contribution is -2.25. The first-order chi connectivity index (χ1) is 4.34. The van der Waals surface area contributed by atoms with Gasteiger partial charge in [-0.15, -0.1) is 0 Å². The van der Waals surface area contributed by atoms with Crippen molar-refractivity contribution in [3.63, 3.8) is 0 Å². The highest BCUT2D eigenvalue weighted by molar-refractivity contribution is 7.81. The van der Waals surface area contributed by atoms with E-state index in [1.165, 1.54) is 32.1 Å². The number of unbranched alkanes of at least 4 members (excludes halogenated alkanes) is 1. The summed E-state index contributed by atoms with van der Waals surface area (Å²) in [5.41, 5.74) is 0. The van der Waals surface area contributed by atoms with E-state index in [-0.39, 0.29) is 0 Å². The van der Waals surface area contributed by atoms with Crippen LogP contribution in [-0.2, 0) is 0 Å². The maximum atomic E-state index is 4.45. The maximum Gasteiger partial charge on any atom is 0.00452 e. The Morgan fingerprint density at radius 2 is 2.22 bits per heavy atom. The van der Waals surface area contributed by atoms with Gasteiger partial charge in [-0.1, -0.05) is 19.8 Å². The Balaban J connectivity index is 1.99. The molecule has 0 aromatic rings. The van der Waals surface area contributed by atoms with Crippen LogP contribution >= 0.6 is 12.6 Å². The maximum absolute atomic E-state index is 4.45. The van der Waals surface area contributed by atoms with Gasteiger partial charge in [0, 0.05) is 5.25 Å². The molecule has 0 N–H and O–H groups in total. The molecule has 0 spiro atoms. The molecular formula is C8H16S. The van der Waals surface area contributed by atoms with Crippen molar-refractivity contribution in [1.82, 2.24) is 0 Å². The van der Waals surface area contributed by atoms with Gasteiger partial charge in [-0.3, -0.25) is 0 Å². The van der Waals surface area contributed by atoms with Crippen molar-refractivity contribution in [3.8, 4) is 0 Å². The molecule has 0 amide bonds. The van der Waals surface area contributed by atoms with Crippen LogP contribution in [-0.4, -0.2) is 5.25 Å². The van der Waals surface area contributed by atoms with Crippen LogP contribution in [0.4, 0.5) is 0 Å². The fourth-order valence-electron chi connectivity index (χ4n) is 1.35. The Morgan fingerprint density at radius 3 is 2.56 bits per heavy atom. The second kappa shape index (κ2) is 3.50. The van der Waals surface area contributed by atoms with Crippen LogP contribution in [0.5, 0.6) is 0 Å². The van der Waals surface area contributed by atoms with E-state index < -0.39 is 0 Å². The second-order valence-electron chi connectivity index (χ2n) is 3.05. The van der Waals surface area contributed by atoms with Crippen molar-refractivity contribution in [2.45, 2.75) is 44.3 Å². The van der Waals surface area contributed by atoms with Gasteiger partial charge in [-0.05, 0) is 25.2 Å². The van der Waals surface area contributed by atoms with Crippen LogP contribution in [0.3, 0.4) is 0 Å². The molecule has 9 heavy (non-hydrogen) atoms. The van der Waals surface area contributed by atoms with Crippen molar-refractivity contribution in [2.24, 2.45) is 5.92 Å². The smallest absolute Gasteiger partial charge is 0.00452 e. The molecule has 0 nitrogen and oxygen atoms in total. The van der Waals surface area contributed by atoms with E-state index in [9.17, 15) is 0 Å². The minimum Gasteiger partial charge on any atom is -0.176 e. The predicted molar refractivity (Wildman–Crippen MR) is 45.0 cm³/mol. The molecule has 1 aliphatic rings. The highest BCUT2D eigenvalue weighted by atomic mass is 32.1. The Morgan fingerprint density at radius 1 is 1.44 bits per heavy atom. The lowest BCUT2D eigenvalue weighted by atomic mass is 9.81. The van der Waals surface area contributed by atoms with E-state index in [2.05, 4.69) is 19.6 Å². The van der Waals surface area contributed by atoms with Gasteiger partial charge in [0.2, 0.25) is 0 Å². The SMILES string of the molecule is CCCCC1CCC1S. The van der Waals surface area contributed by atoms with E-state index in [1.807, 2.05) is 0 Å². The lowest BCUT2D eigenvalue weighted by molar-refractivity contribution is 0.305. The van der Waals surface area contributed by atoms with Gasteiger partial charge in [0.15, 0.2) is 0 Å². The fourth-order valence-corrected chi connectivity index (χ4v) is 1.80. The van der Waals surface area contributed by atoms with Crippen LogP contribution in [0, 0.1) is 5.92 Å². The highest BCUT2D eigenvalue weighted by Gasteiger charge is 2.26. The van der Waals surface area contributed by atoms with Crippen LogP contribution in [0.2, 0.25) is 0 Å². The molecule has 0 bridgehead atoms. The molecule has 1 heteroatoms. The van der Waals surface area contributed by atoms with Gasteiger partial charge in [0.05, 0.1) is 0 Å². The number of hydrogen-bond donors (Lipinski definition) is 1. The van der Waals surface area contributed by atoms with E-state index in [4.69, 9.17) is 0 Å². The molecule has 2 atom stereocenters. The average Bonchev–Trinajstić information content (AvgIpc) is 1.86. The molecular weight excluding hydrogens is 128 g/mol. The molecule has 0 radical (unpaired) electrons. The van der Waals surface area contributed by atoms with Crippen LogP contribution in [0.1, 0.15) is 39.0 Å². The quantitative estimate of drug-likeness (QED) is 0.578. The molecule has 54 valence electrons. The zero-order valence-corrected chi connectivity index (χ0v) is 7.03. The summed E-state index contributed by atoms with van der Waals surface area (Å²) < 4.78 is 0. The van der Waals surface area contributed by atoms with Crippen LogP contribution in [0.15, 0.2) is 0 Å². The third-order valence-electron chi connectivity index (χ3n) is 2.31. The first kappa shape index (κ1) is 7.46. The Bertz CT molecular complexity index is 80.6. The largest absolute Gasteiger partial charge is 0.176 e. The zero-order valence-electron chi connectivity index (χ0n) is 6.14. The fraction of sp³-hybridized carbons (Fsp3) is 1.00. The van der Waals surface area contributed by atoms with Gasteiger partial charge < -0.3 is 0 Å². The van der Waals surface area contributed by atoms with Gasteiger partial charge in [-0.25, -0.2) is 0 Å². The number of thiol groups is 1. The van der Waals surface area contributed by atoms with Crippen molar-refractivity contribution < 1.29 is 0 Å². The first-order valence-electron chi connectivity index (χ1n) is 4.02. The summed E-state index contributed by atoms with van der Waals surface area (Å²) in [6.45, 7) is 2.26. The van der Waals surface area contributed by atoms with E-state index in [0.717, 1.165) is 11.2 Å². The normalized spacial score (nSPS) is 34.0. The molecule has 0 saturated heterocycles. The van der Waals surface area contributed by atoms with Crippen molar-refractivity contribution >= 4 is 12.6 Å². The van der Waals surface area contributed by atoms with E-state index in [1.54, 1.807) is 0 Å². The Hall–Kier alpha value is 0.350. The van der Waals surface area contributed by atoms with Crippen molar-refractivity contribution in [2.75, 3.05) is 0 Å². The third-order valence-corrected chi connectivity index (χ3v) is 2.99. The summed E-state index contributed by atoms with van der Waals surface area (Å²) in [7, 11) is 0. The number of hydrogen-bond acceptors (Lipinski definition) is 1. The summed E-state index contributed by atoms with van der Waals surface area (Å²) in [4.78, 5) is 0. The summed E-state index contributed by atoms with van der Waals surface area (Å²) in [5, 5.41) is 0.747. The van der Waals surface area contributed by atoms with Gasteiger partial charge in [0.25, 0.3) is 0 Å². The number of rotatable bonds is 3. The van der Waals surface area contributed by atoms with E-state index >= 15 is 0 Å². The molecule has 1 aliphatic carbocycles. The molecule has 1 rings (SSSR count). The van der Waals surface area contributed by atoms with E-state index in [0.29, 0.717) is 0 Å². The van der Waals surface area contributed by atoms with Gasteiger partial charge in [0.1, 0.15) is 0 Å². The average molecular weight is 144 g/mol. The molecule has 0 heterocycles. The van der Waals surface area contributed by atoms with Crippen molar-refractivity contribution in [3.05, 3.63) is 0 Å².